The van der Waals surface area contributed by atoms with E-state index in [0.29, 0.717) is 13.1 Å². The number of hydrogen-bond donors (Lipinski definition) is 2. The fourth-order valence-corrected chi connectivity index (χ4v) is 2.97. The number of nitrogens with one attached hydrogen (secondary N) is 2. The first-order chi connectivity index (χ1) is 13.0. The molecule has 1 aromatic carbocycles. The van der Waals surface area contributed by atoms with Gasteiger partial charge in [0.1, 0.15) is 6.04 Å². The molecule has 1 aliphatic rings. The van der Waals surface area contributed by atoms with Crippen molar-refractivity contribution in [2.24, 2.45) is 5.92 Å². The molecular formula is C20H22N4O3. The Bertz CT molecular complexity index is 810. The maximum Gasteiger partial charge on any atom is 0.242 e. The third-order valence-corrected chi connectivity index (χ3v) is 4.49. The average molecular weight is 366 g/mol. The van der Waals surface area contributed by atoms with E-state index in [9.17, 15) is 14.4 Å². The Balaban J connectivity index is 1.51. The van der Waals surface area contributed by atoms with Crippen molar-refractivity contribution >= 4 is 23.4 Å². The van der Waals surface area contributed by atoms with Gasteiger partial charge in [-0.25, -0.2) is 0 Å². The van der Waals surface area contributed by atoms with Crippen LogP contribution in [0.1, 0.15) is 19.0 Å². The smallest absolute Gasteiger partial charge is 0.242 e. The molecule has 2 heterocycles. The van der Waals surface area contributed by atoms with Gasteiger partial charge in [-0.05, 0) is 31.2 Å². The van der Waals surface area contributed by atoms with Crippen LogP contribution in [-0.4, -0.2) is 35.3 Å². The molecule has 2 aromatic rings. The minimum Gasteiger partial charge on any atom is -0.349 e. The number of amides is 3. The Kier molecular flexibility index (Phi) is 5.80. The molecule has 1 aliphatic heterocycles. The van der Waals surface area contributed by atoms with Crippen LogP contribution in [0.2, 0.25) is 0 Å². The van der Waals surface area contributed by atoms with Gasteiger partial charge in [-0.15, -0.1) is 0 Å². The van der Waals surface area contributed by atoms with E-state index >= 15 is 0 Å². The Morgan fingerprint density at radius 3 is 2.63 bits per heavy atom. The van der Waals surface area contributed by atoms with Gasteiger partial charge >= 0.3 is 0 Å². The predicted molar refractivity (Wildman–Crippen MR) is 101 cm³/mol. The zero-order chi connectivity index (χ0) is 19.2. The molecule has 0 aliphatic carbocycles. The number of pyridine rings is 1. The lowest BCUT2D eigenvalue weighted by Crippen LogP contribution is -2.47. The van der Waals surface area contributed by atoms with Crippen molar-refractivity contribution < 1.29 is 14.4 Å². The summed E-state index contributed by atoms with van der Waals surface area (Å²) in [6.07, 6.45) is 1.80. The molecule has 2 N–H and O–H groups in total. The molecular weight excluding hydrogens is 344 g/mol. The molecule has 1 fully saturated rings. The van der Waals surface area contributed by atoms with Crippen LogP contribution < -0.4 is 15.5 Å². The summed E-state index contributed by atoms with van der Waals surface area (Å²) in [5.41, 5.74) is 1.52. The molecule has 0 bridgehead atoms. The van der Waals surface area contributed by atoms with Crippen molar-refractivity contribution in [2.75, 3.05) is 11.4 Å². The van der Waals surface area contributed by atoms with Crippen LogP contribution >= 0.6 is 0 Å². The predicted octanol–water partition coefficient (Wildman–Crippen LogP) is 1.26. The summed E-state index contributed by atoms with van der Waals surface area (Å²) in [6, 6.07) is 14.0. The first-order valence-electron chi connectivity index (χ1n) is 8.88. The molecule has 2 atom stereocenters. The second-order valence-corrected chi connectivity index (χ2v) is 6.51. The topological polar surface area (TPSA) is 91.4 Å². The Morgan fingerprint density at radius 2 is 1.93 bits per heavy atom. The number of hydrogen-bond acceptors (Lipinski definition) is 4. The summed E-state index contributed by atoms with van der Waals surface area (Å²) in [5.74, 6) is -1.14. The van der Waals surface area contributed by atoms with Gasteiger partial charge in [-0.2, -0.15) is 0 Å². The maximum atomic E-state index is 12.5. The fourth-order valence-electron chi connectivity index (χ4n) is 2.97. The quantitative estimate of drug-likeness (QED) is 0.805. The SMILES string of the molecule is C[C@H](NC(=O)C1CC(=O)N(c2ccccc2)C1)C(=O)NCc1ccccn1. The molecule has 0 saturated carbocycles. The largest absolute Gasteiger partial charge is 0.349 e. The normalized spacial score (nSPS) is 17.4. The van der Waals surface area contributed by atoms with Gasteiger partial charge in [0.25, 0.3) is 0 Å². The number of anilines is 1. The number of carbonyl (C=O) groups is 3. The Morgan fingerprint density at radius 1 is 1.19 bits per heavy atom. The third-order valence-electron chi connectivity index (χ3n) is 4.49. The van der Waals surface area contributed by atoms with Crippen molar-refractivity contribution in [3.63, 3.8) is 0 Å². The monoisotopic (exact) mass is 366 g/mol. The molecule has 7 nitrogen and oxygen atoms in total. The summed E-state index contributed by atoms with van der Waals surface area (Å²) in [6.45, 7) is 2.23. The Labute approximate surface area is 157 Å². The number of para-hydroxylation sites is 1. The molecule has 1 saturated heterocycles. The van der Waals surface area contributed by atoms with E-state index in [4.69, 9.17) is 0 Å². The second-order valence-electron chi connectivity index (χ2n) is 6.51. The summed E-state index contributed by atoms with van der Waals surface area (Å²) in [4.78, 5) is 42.6. The maximum absolute atomic E-state index is 12.5. The van der Waals surface area contributed by atoms with Gasteiger partial charge in [0, 0.05) is 24.8 Å². The molecule has 0 radical (unpaired) electrons. The molecule has 140 valence electrons. The van der Waals surface area contributed by atoms with Gasteiger partial charge in [-0.3, -0.25) is 19.4 Å². The summed E-state index contributed by atoms with van der Waals surface area (Å²) in [5, 5.41) is 5.44. The second kappa shape index (κ2) is 8.44. The molecule has 27 heavy (non-hydrogen) atoms. The van der Waals surface area contributed by atoms with Crippen LogP contribution in [0.25, 0.3) is 0 Å². The lowest BCUT2D eigenvalue weighted by molar-refractivity contribution is -0.131. The van der Waals surface area contributed by atoms with Crippen LogP contribution in [-0.2, 0) is 20.9 Å². The molecule has 1 aromatic heterocycles. The van der Waals surface area contributed by atoms with Crippen LogP contribution in [0, 0.1) is 5.92 Å². The molecule has 0 spiro atoms. The van der Waals surface area contributed by atoms with E-state index in [1.54, 1.807) is 24.1 Å². The highest BCUT2D eigenvalue weighted by Crippen LogP contribution is 2.24. The number of aromatic nitrogens is 1. The summed E-state index contributed by atoms with van der Waals surface area (Å²) >= 11 is 0. The third kappa shape index (κ3) is 4.69. The van der Waals surface area contributed by atoms with E-state index < -0.39 is 12.0 Å². The zero-order valence-electron chi connectivity index (χ0n) is 15.1. The first kappa shape index (κ1) is 18.6. The van der Waals surface area contributed by atoms with Crippen molar-refractivity contribution in [1.29, 1.82) is 0 Å². The zero-order valence-corrected chi connectivity index (χ0v) is 15.1. The van der Waals surface area contributed by atoms with Gasteiger partial charge < -0.3 is 15.5 Å². The van der Waals surface area contributed by atoms with Gasteiger partial charge in [0.2, 0.25) is 17.7 Å². The first-order valence-corrected chi connectivity index (χ1v) is 8.88. The minimum atomic E-state index is -0.693. The van der Waals surface area contributed by atoms with E-state index in [0.717, 1.165) is 11.4 Å². The van der Waals surface area contributed by atoms with E-state index in [2.05, 4.69) is 15.6 Å². The van der Waals surface area contributed by atoms with Crippen LogP contribution in [0.3, 0.4) is 0 Å². The Hall–Kier alpha value is -3.22. The van der Waals surface area contributed by atoms with Crippen molar-refractivity contribution in [2.45, 2.75) is 25.9 Å². The van der Waals surface area contributed by atoms with E-state index in [1.807, 2.05) is 42.5 Å². The lowest BCUT2D eigenvalue weighted by Gasteiger charge is -2.18. The summed E-state index contributed by atoms with van der Waals surface area (Å²) < 4.78 is 0. The molecule has 7 heteroatoms. The number of rotatable bonds is 6. The number of nitrogens with zero attached hydrogens (tertiary/aromatic N) is 2. The van der Waals surface area contributed by atoms with Crippen LogP contribution in [0.4, 0.5) is 5.69 Å². The number of benzene rings is 1. The van der Waals surface area contributed by atoms with Crippen molar-refractivity contribution in [1.82, 2.24) is 15.6 Å². The highest BCUT2D eigenvalue weighted by molar-refractivity contribution is 6.01. The standard InChI is InChI=1S/C20H22N4O3/c1-14(19(26)22-12-16-7-5-6-10-21-16)23-20(27)15-11-18(25)24(13-15)17-8-3-2-4-9-17/h2-10,14-15H,11-13H2,1H3,(H,22,26)(H,23,27)/t14-,15?/m0/s1. The highest BCUT2D eigenvalue weighted by atomic mass is 16.2. The van der Waals surface area contributed by atoms with E-state index in [1.165, 1.54) is 0 Å². The molecule has 3 amide bonds. The lowest BCUT2D eigenvalue weighted by atomic mass is 10.1. The number of carbonyl (C=O) groups excluding carboxylic acids is 3. The van der Waals surface area contributed by atoms with Gasteiger partial charge in [-0.1, -0.05) is 24.3 Å². The summed E-state index contributed by atoms with van der Waals surface area (Å²) in [7, 11) is 0. The average Bonchev–Trinajstić information content (AvgIpc) is 3.09. The van der Waals surface area contributed by atoms with Crippen LogP contribution in [0.15, 0.2) is 54.7 Å². The van der Waals surface area contributed by atoms with E-state index in [-0.39, 0.29) is 24.1 Å². The van der Waals surface area contributed by atoms with Crippen molar-refractivity contribution in [3.05, 3.63) is 60.4 Å². The molecule has 3 rings (SSSR count). The fraction of sp³-hybridized carbons (Fsp3) is 0.300. The van der Waals surface area contributed by atoms with Gasteiger partial charge in [0.15, 0.2) is 0 Å². The van der Waals surface area contributed by atoms with Crippen LogP contribution in [0.5, 0.6) is 0 Å². The molecule has 1 unspecified atom stereocenters. The highest BCUT2D eigenvalue weighted by Gasteiger charge is 2.35. The van der Waals surface area contributed by atoms with Crippen molar-refractivity contribution in [3.8, 4) is 0 Å². The van der Waals surface area contributed by atoms with Gasteiger partial charge in [0.05, 0.1) is 18.2 Å². The minimum absolute atomic E-state index is 0.0893.